The van der Waals surface area contributed by atoms with E-state index in [9.17, 15) is 9.59 Å². The van der Waals surface area contributed by atoms with Gasteiger partial charge in [-0.05, 0) is 38.6 Å². The van der Waals surface area contributed by atoms with Gasteiger partial charge in [0.1, 0.15) is 0 Å². The predicted octanol–water partition coefficient (Wildman–Crippen LogP) is 1.06. The van der Waals surface area contributed by atoms with Crippen LogP contribution in [0.2, 0.25) is 0 Å². The fourth-order valence-corrected chi connectivity index (χ4v) is 3.53. The molecule has 17 heavy (non-hydrogen) atoms. The van der Waals surface area contributed by atoms with Gasteiger partial charge in [0.2, 0.25) is 11.8 Å². The second-order valence-corrected chi connectivity index (χ2v) is 5.91. The minimum absolute atomic E-state index is 0.0453. The van der Waals surface area contributed by atoms with Gasteiger partial charge in [-0.25, -0.2) is 0 Å². The summed E-state index contributed by atoms with van der Waals surface area (Å²) in [5.74, 6) is -0.00465. The quantitative estimate of drug-likeness (QED) is 0.692. The van der Waals surface area contributed by atoms with Crippen molar-refractivity contribution in [3.63, 3.8) is 0 Å². The summed E-state index contributed by atoms with van der Waals surface area (Å²) in [6.45, 7) is 2.80. The van der Waals surface area contributed by atoms with Crippen molar-refractivity contribution in [3.8, 4) is 0 Å². The third-order valence-electron chi connectivity index (χ3n) is 4.69. The number of carbonyl (C=O) groups is 2. The van der Waals surface area contributed by atoms with Gasteiger partial charge in [0.25, 0.3) is 0 Å². The average Bonchev–Trinajstić information content (AvgIpc) is 2.51. The first-order valence-electron chi connectivity index (χ1n) is 6.72. The first kappa shape index (κ1) is 11.2. The molecule has 3 rings (SSSR count). The Hall–Kier alpha value is -0.900. The first-order valence-corrected chi connectivity index (χ1v) is 6.72. The SMILES string of the molecule is CC1CC(=O)N(C2CCNC3(CCC3)C2)C1=O. The van der Waals surface area contributed by atoms with E-state index in [1.54, 1.807) is 4.90 Å². The normalized spacial score (nSPS) is 36.4. The molecule has 3 fully saturated rings. The summed E-state index contributed by atoms with van der Waals surface area (Å²) in [6, 6.07) is 0.154. The van der Waals surface area contributed by atoms with Crippen LogP contribution in [0.5, 0.6) is 0 Å². The largest absolute Gasteiger partial charge is 0.311 e. The standard InChI is InChI=1S/C13H20N2O2/c1-9-7-11(16)15(12(9)17)10-3-6-14-13(8-10)4-2-5-13/h9-10,14H,2-8H2,1H3. The highest BCUT2D eigenvalue weighted by Crippen LogP contribution is 2.40. The lowest BCUT2D eigenvalue weighted by molar-refractivity contribution is -0.143. The number of amides is 2. The van der Waals surface area contributed by atoms with Gasteiger partial charge < -0.3 is 5.32 Å². The van der Waals surface area contributed by atoms with E-state index in [-0.39, 0.29) is 29.3 Å². The summed E-state index contributed by atoms with van der Waals surface area (Å²) in [5, 5.41) is 3.58. The molecular formula is C13H20N2O2. The maximum atomic E-state index is 12.0. The van der Waals surface area contributed by atoms with E-state index < -0.39 is 0 Å². The lowest BCUT2D eigenvalue weighted by Crippen LogP contribution is -2.60. The summed E-state index contributed by atoms with van der Waals surface area (Å²) in [7, 11) is 0. The van der Waals surface area contributed by atoms with Crippen LogP contribution in [-0.2, 0) is 9.59 Å². The van der Waals surface area contributed by atoms with Crippen molar-refractivity contribution in [2.45, 2.75) is 57.0 Å². The van der Waals surface area contributed by atoms with Crippen molar-refractivity contribution >= 4 is 11.8 Å². The summed E-state index contributed by atoms with van der Waals surface area (Å²) in [6.07, 6.45) is 5.99. The zero-order chi connectivity index (χ0) is 12.0. The van der Waals surface area contributed by atoms with Crippen LogP contribution in [0.15, 0.2) is 0 Å². The molecule has 0 aromatic heterocycles. The van der Waals surface area contributed by atoms with Crippen LogP contribution in [0.3, 0.4) is 0 Å². The number of nitrogens with zero attached hydrogens (tertiary/aromatic N) is 1. The minimum atomic E-state index is -0.102. The topological polar surface area (TPSA) is 49.4 Å². The van der Waals surface area contributed by atoms with Crippen molar-refractivity contribution in [3.05, 3.63) is 0 Å². The maximum absolute atomic E-state index is 12.0. The summed E-state index contributed by atoms with van der Waals surface area (Å²) >= 11 is 0. The summed E-state index contributed by atoms with van der Waals surface area (Å²) in [5.41, 5.74) is 0.245. The van der Waals surface area contributed by atoms with Gasteiger partial charge in [0.05, 0.1) is 0 Å². The molecule has 4 nitrogen and oxygen atoms in total. The van der Waals surface area contributed by atoms with Gasteiger partial charge >= 0.3 is 0 Å². The van der Waals surface area contributed by atoms with E-state index in [2.05, 4.69) is 5.32 Å². The van der Waals surface area contributed by atoms with Crippen molar-refractivity contribution < 1.29 is 9.59 Å². The highest BCUT2D eigenvalue weighted by Gasteiger charge is 2.47. The van der Waals surface area contributed by atoms with Crippen molar-refractivity contribution in [2.24, 2.45) is 5.92 Å². The van der Waals surface area contributed by atoms with Crippen LogP contribution < -0.4 is 5.32 Å². The Labute approximate surface area is 102 Å². The molecule has 2 aliphatic heterocycles. The second-order valence-electron chi connectivity index (χ2n) is 5.91. The van der Waals surface area contributed by atoms with Gasteiger partial charge in [-0.2, -0.15) is 0 Å². The van der Waals surface area contributed by atoms with E-state index in [1.807, 2.05) is 6.92 Å². The Morgan fingerprint density at radius 2 is 2.12 bits per heavy atom. The minimum Gasteiger partial charge on any atom is -0.311 e. The van der Waals surface area contributed by atoms with Gasteiger partial charge in [0, 0.05) is 23.9 Å². The van der Waals surface area contributed by atoms with Crippen molar-refractivity contribution in [1.29, 1.82) is 0 Å². The zero-order valence-electron chi connectivity index (χ0n) is 10.4. The van der Waals surface area contributed by atoms with Crippen LogP contribution in [0.1, 0.15) is 45.4 Å². The fourth-order valence-electron chi connectivity index (χ4n) is 3.53. The third kappa shape index (κ3) is 1.69. The number of rotatable bonds is 1. The molecule has 94 valence electrons. The smallest absolute Gasteiger partial charge is 0.232 e. The summed E-state index contributed by atoms with van der Waals surface area (Å²) in [4.78, 5) is 25.5. The number of piperidine rings is 1. The van der Waals surface area contributed by atoms with Crippen LogP contribution in [0, 0.1) is 5.92 Å². The Balaban J connectivity index is 1.75. The highest BCUT2D eigenvalue weighted by atomic mass is 16.2. The van der Waals surface area contributed by atoms with Crippen LogP contribution in [0.4, 0.5) is 0 Å². The molecule has 2 unspecified atom stereocenters. The van der Waals surface area contributed by atoms with E-state index in [0.717, 1.165) is 19.4 Å². The van der Waals surface area contributed by atoms with Crippen molar-refractivity contribution in [1.82, 2.24) is 10.2 Å². The molecule has 2 atom stereocenters. The van der Waals surface area contributed by atoms with Gasteiger partial charge in [-0.15, -0.1) is 0 Å². The Morgan fingerprint density at radius 1 is 1.35 bits per heavy atom. The lowest BCUT2D eigenvalue weighted by atomic mass is 9.70. The molecule has 1 saturated carbocycles. The Morgan fingerprint density at radius 3 is 2.65 bits per heavy atom. The molecule has 1 aliphatic carbocycles. The average molecular weight is 236 g/mol. The summed E-state index contributed by atoms with van der Waals surface area (Å²) < 4.78 is 0. The molecule has 2 heterocycles. The van der Waals surface area contributed by atoms with E-state index in [4.69, 9.17) is 0 Å². The van der Waals surface area contributed by atoms with Crippen LogP contribution >= 0.6 is 0 Å². The molecule has 2 saturated heterocycles. The Kier molecular flexibility index (Phi) is 2.51. The van der Waals surface area contributed by atoms with Crippen LogP contribution in [0.25, 0.3) is 0 Å². The number of likely N-dealkylation sites (tertiary alicyclic amines) is 1. The molecule has 0 aromatic carbocycles. The molecule has 0 aromatic rings. The van der Waals surface area contributed by atoms with Gasteiger partial charge in [0.15, 0.2) is 0 Å². The molecule has 2 amide bonds. The lowest BCUT2D eigenvalue weighted by Gasteiger charge is -2.49. The number of hydrogen-bond donors (Lipinski definition) is 1. The van der Waals surface area contributed by atoms with Gasteiger partial charge in [-0.3, -0.25) is 14.5 Å². The van der Waals surface area contributed by atoms with Gasteiger partial charge in [-0.1, -0.05) is 6.92 Å². The van der Waals surface area contributed by atoms with E-state index in [0.29, 0.717) is 6.42 Å². The molecule has 0 bridgehead atoms. The highest BCUT2D eigenvalue weighted by molar-refractivity contribution is 6.03. The molecule has 4 heteroatoms. The molecule has 1 spiro atoms. The van der Waals surface area contributed by atoms with E-state index >= 15 is 0 Å². The zero-order valence-corrected chi connectivity index (χ0v) is 10.4. The van der Waals surface area contributed by atoms with Crippen molar-refractivity contribution in [2.75, 3.05) is 6.54 Å². The van der Waals surface area contributed by atoms with Crippen LogP contribution in [-0.4, -0.2) is 34.8 Å². The van der Waals surface area contributed by atoms with E-state index in [1.165, 1.54) is 19.3 Å². The molecular weight excluding hydrogens is 216 g/mol. The first-order chi connectivity index (χ1) is 8.11. The second kappa shape index (κ2) is 3.80. The number of imide groups is 1. The monoisotopic (exact) mass is 236 g/mol. The molecule has 1 N–H and O–H groups in total. The fraction of sp³-hybridized carbons (Fsp3) is 0.846. The predicted molar refractivity (Wildman–Crippen MR) is 63.2 cm³/mol. The number of carbonyl (C=O) groups excluding carboxylic acids is 2. The third-order valence-corrected chi connectivity index (χ3v) is 4.69. The molecule has 3 aliphatic rings. The maximum Gasteiger partial charge on any atom is 0.232 e. The number of hydrogen-bond acceptors (Lipinski definition) is 3. The number of nitrogens with one attached hydrogen (secondary N) is 1. The Bertz CT molecular complexity index is 362. The molecule has 0 radical (unpaired) electrons.